The first-order valence-corrected chi connectivity index (χ1v) is 4.72. The normalized spacial score (nSPS) is 10.3. The molecule has 0 saturated heterocycles. The summed E-state index contributed by atoms with van der Waals surface area (Å²) in [6, 6.07) is 7.98. The number of rotatable bonds is 4. The predicted molar refractivity (Wildman–Crippen MR) is 59.1 cm³/mol. The average Bonchev–Trinajstić information content (AvgIpc) is 2.67. The number of methoxy groups -OCH3 is 1. The van der Waals surface area contributed by atoms with Crippen molar-refractivity contribution in [1.82, 2.24) is 10.2 Å². The van der Waals surface area contributed by atoms with Crippen molar-refractivity contribution in [3.63, 3.8) is 0 Å². The van der Waals surface area contributed by atoms with Gasteiger partial charge in [0.05, 0.1) is 6.61 Å². The zero-order chi connectivity index (χ0) is 11.4. The van der Waals surface area contributed by atoms with Gasteiger partial charge in [-0.3, -0.25) is 0 Å². The second-order valence-electron chi connectivity index (χ2n) is 3.16. The van der Waals surface area contributed by atoms with Crippen molar-refractivity contribution in [2.75, 3.05) is 18.2 Å². The van der Waals surface area contributed by atoms with E-state index in [2.05, 4.69) is 15.5 Å². The lowest BCUT2D eigenvalue weighted by Gasteiger charge is -2.07. The maximum atomic E-state index is 5.32. The number of hydrogen-bond acceptors (Lipinski definition) is 6. The molecule has 0 aliphatic heterocycles. The lowest BCUT2D eigenvalue weighted by atomic mass is 10.2. The first kappa shape index (κ1) is 10.4. The molecule has 0 radical (unpaired) electrons. The van der Waals surface area contributed by atoms with Crippen LogP contribution in [0.2, 0.25) is 0 Å². The maximum Gasteiger partial charge on any atom is 0.321 e. The minimum atomic E-state index is 0.0340. The van der Waals surface area contributed by atoms with Crippen molar-refractivity contribution in [3.05, 3.63) is 29.8 Å². The van der Waals surface area contributed by atoms with E-state index in [9.17, 15) is 0 Å². The summed E-state index contributed by atoms with van der Waals surface area (Å²) >= 11 is 0. The fraction of sp³-hybridized carbons (Fsp3) is 0.200. The number of nitrogens with zero attached hydrogens (tertiary/aromatic N) is 2. The largest absolute Gasteiger partial charge is 0.389 e. The van der Waals surface area contributed by atoms with Crippen molar-refractivity contribution in [1.29, 1.82) is 0 Å². The van der Waals surface area contributed by atoms with Crippen LogP contribution in [-0.2, 0) is 11.3 Å². The van der Waals surface area contributed by atoms with E-state index in [4.69, 9.17) is 14.9 Å². The highest BCUT2D eigenvalue weighted by Crippen LogP contribution is 2.20. The number of nitrogen functional groups attached to an aromatic ring is 1. The fourth-order valence-electron chi connectivity index (χ4n) is 1.32. The first-order chi connectivity index (χ1) is 7.79. The summed E-state index contributed by atoms with van der Waals surface area (Å²) < 4.78 is 10.1. The van der Waals surface area contributed by atoms with Crippen LogP contribution in [0.1, 0.15) is 5.56 Å². The molecule has 1 aromatic carbocycles. The minimum absolute atomic E-state index is 0.0340. The van der Waals surface area contributed by atoms with Crippen LogP contribution in [0.25, 0.3) is 0 Å². The summed E-state index contributed by atoms with van der Waals surface area (Å²) in [5.74, 6) is 0. The Hall–Kier alpha value is -2.08. The number of ether oxygens (including phenoxy) is 1. The van der Waals surface area contributed by atoms with Crippen molar-refractivity contribution in [2.45, 2.75) is 6.61 Å². The maximum absolute atomic E-state index is 5.32. The summed E-state index contributed by atoms with van der Waals surface area (Å²) in [6.45, 7) is 0.507. The lowest BCUT2D eigenvalue weighted by Crippen LogP contribution is -1.97. The molecule has 0 atom stereocenters. The molecule has 2 rings (SSSR count). The van der Waals surface area contributed by atoms with E-state index < -0.39 is 0 Å². The Kier molecular flexibility index (Phi) is 3.02. The molecular formula is C10H12N4O2. The third kappa shape index (κ3) is 2.29. The molecule has 0 amide bonds. The van der Waals surface area contributed by atoms with Crippen LogP contribution in [-0.4, -0.2) is 17.3 Å². The Morgan fingerprint density at radius 1 is 1.38 bits per heavy atom. The quantitative estimate of drug-likeness (QED) is 0.812. The smallest absolute Gasteiger partial charge is 0.321 e. The van der Waals surface area contributed by atoms with Gasteiger partial charge in [0.15, 0.2) is 0 Å². The highest BCUT2D eigenvalue weighted by atomic mass is 16.5. The molecule has 3 N–H and O–H groups in total. The van der Waals surface area contributed by atoms with Crippen LogP contribution in [0.15, 0.2) is 28.7 Å². The molecule has 0 unspecified atom stereocenters. The molecule has 0 fully saturated rings. The molecule has 6 heteroatoms. The summed E-state index contributed by atoms with van der Waals surface area (Å²) in [6.07, 6.45) is 0. The van der Waals surface area contributed by atoms with Crippen LogP contribution < -0.4 is 11.1 Å². The lowest BCUT2D eigenvalue weighted by molar-refractivity contribution is 0.185. The van der Waals surface area contributed by atoms with E-state index >= 15 is 0 Å². The van der Waals surface area contributed by atoms with Crippen LogP contribution >= 0.6 is 0 Å². The van der Waals surface area contributed by atoms with Crippen molar-refractivity contribution in [3.8, 4) is 0 Å². The average molecular weight is 220 g/mol. The molecule has 84 valence electrons. The molecule has 1 aromatic heterocycles. The van der Waals surface area contributed by atoms with Crippen molar-refractivity contribution >= 4 is 17.7 Å². The van der Waals surface area contributed by atoms with E-state index in [1.54, 1.807) is 7.11 Å². The Morgan fingerprint density at radius 3 is 2.88 bits per heavy atom. The van der Waals surface area contributed by atoms with Gasteiger partial charge in [0.2, 0.25) is 0 Å². The van der Waals surface area contributed by atoms with E-state index in [1.165, 1.54) is 0 Å². The number of nitrogens with two attached hydrogens (primary N) is 1. The van der Waals surface area contributed by atoms with Gasteiger partial charge in [0.1, 0.15) is 0 Å². The molecule has 6 nitrogen and oxygen atoms in total. The second kappa shape index (κ2) is 4.63. The van der Waals surface area contributed by atoms with Crippen LogP contribution in [0.3, 0.4) is 0 Å². The van der Waals surface area contributed by atoms with Gasteiger partial charge in [-0.2, -0.15) is 0 Å². The topological polar surface area (TPSA) is 86.2 Å². The Balaban J connectivity index is 2.20. The van der Waals surface area contributed by atoms with Crippen LogP contribution in [0.4, 0.5) is 17.7 Å². The number of para-hydroxylation sites is 1. The molecule has 0 spiro atoms. The van der Waals surface area contributed by atoms with Crippen LogP contribution in [0.5, 0.6) is 0 Å². The zero-order valence-electron chi connectivity index (χ0n) is 8.80. The molecule has 1 heterocycles. The summed E-state index contributed by atoms with van der Waals surface area (Å²) in [7, 11) is 1.64. The second-order valence-corrected chi connectivity index (χ2v) is 3.16. The summed E-state index contributed by atoms with van der Waals surface area (Å²) in [4.78, 5) is 0. The fourth-order valence-corrected chi connectivity index (χ4v) is 1.32. The van der Waals surface area contributed by atoms with Gasteiger partial charge < -0.3 is 20.2 Å². The molecule has 0 aliphatic rings. The summed E-state index contributed by atoms with van der Waals surface area (Å²) in [5, 5.41) is 10.3. The highest BCUT2D eigenvalue weighted by molar-refractivity contribution is 5.57. The van der Waals surface area contributed by atoms with Crippen molar-refractivity contribution < 1.29 is 9.15 Å². The highest BCUT2D eigenvalue weighted by Gasteiger charge is 2.06. The van der Waals surface area contributed by atoms with Crippen molar-refractivity contribution in [2.24, 2.45) is 0 Å². The molecule has 2 aromatic rings. The Labute approximate surface area is 92.4 Å². The number of anilines is 3. The SMILES string of the molecule is COCc1ccccc1Nc1nnc(N)o1. The van der Waals surface area contributed by atoms with Gasteiger partial charge in [-0.05, 0) is 6.07 Å². The van der Waals surface area contributed by atoms with E-state index in [0.717, 1.165) is 11.3 Å². The van der Waals surface area contributed by atoms with Gasteiger partial charge in [-0.1, -0.05) is 28.4 Å². The molecule has 0 saturated carbocycles. The van der Waals surface area contributed by atoms with E-state index in [1.807, 2.05) is 24.3 Å². The molecule has 16 heavy (non-hydrogen) atoms. The Bertz CT molecular complexity index is 469. The number of aromatic nitrogens is 2. The van der Waals surface area contributed by atoms with Gasteiger partial charge >= 0.3 is 12.0 Å². The van der Waals surface area contributed by atoms with E-state index in [-0.39, 0.29) is 12.0 Å². The summed E-state index contributed by atoms with van der Waals surface area (Å²) in [5.41, 5.74) is 7.18. The molecule has 0 aliphatic carbocycles. The van der Waals surface area contributed by atoms with Crippen LogP contribution in [0, 0.1) is 0 Å². The van der Waals surface area contributed by atoms with E-state index in [0.29, 0.717) is 6.61 Å². The van der Waals surface area contributed by atoms with Gasteiger partial charge in [0.25, 0.3) is 0 Å². The number of benzene rings is 1. The molecular weight excluding hydrogens is 208 g/mol. The third-order valence-corrected chi connectivity index (χ3v) is 2.00. The first-order valence-electron chi connectivity index (χ1n) is 4.72. The van der Waals surface area contributed by atoms with Gasteiger partial charge in [0, 0.05) is 18.4 Å². The molecule has 0 bridgehead atoms. The predicted octanol–water partition coefficient (Wildman–Crippen LogP) is 1.54. The Morgan fingerprint density at radius 2 is 2.19 bits per heavy atom. The number of nitrogens with one attached hydrogen (secondary N) is 1. The van der Waals surface area contributed by atoms with Gasteiger partial charge in [-0.25, -0.2) is 0 Å². The number of hydrogen-bond donors (Lipinski definition) is 2. The van der Waals surface area contributed by atoms with Gasteiger partial charge in [-0.15, -0.1) is 0 Å². The monoisotopic (exact) mass is 220 g/mol. The standard InChI is InChI=1S/C10H12N4O2/c1-15-6-7-4-2-3-5-8(7)12-10-14-13-9(11)16-10/h2-5H,6H2,1H3,(H2,11,13)(H,12,14). The third-order valence-electron chi connectivity index (χ3n) is 2.00. The zero-order valence-corrected chi connectivity index (χ0v) is 8.80. The minimum Gasteiger partial charge on any atom is -0.389 e.